The summed E-state index contributed by atoms with van der Waals surface area (Å²) in [6.45, 7) is 4.23. The minimum Gasteiger partial charge on any atom is -0.493 e. The number of rotatable bonds is 8. The Hall–Kier alpha value is -3.16. The Kier molecular flexibility index (Phi) is 6.27. The number of ether oxygens (including phenoxy) is 2. The Balaban J connectivity index is 2.30. The number of hydrogen-bond acceptors (Lipinski definition) is 6. The van der Waals surface area contributed by atoms with Crippen LogP contribution < -0.4 is 14.9 Å². The molecule has 25 heavy (non-hydrogen) atoms. The van der Waals surface area contributed by atoms with E-state index in [4.69, 9.17) is 9.47 Å². The van der Waals surface area contributed by atoms with E-state index in [0.717, 1.165) is 0 Å². The van der Waals surface area contributed by atoms with Crippen molar-refractivity contribution in [3.63, 3.8) is 0 Å². The number of anilines is 1. The monoisotopic (exact) mass is 347 g/mol. The molecule has 0 spiro atoms. The van der Waals surface area contributed by atoms with Crippen LogP contribution in [0.15, 0.2) is 41.5 Å². The van der Waals surface area contributed by atoms with Gasteiger partial charge in [-0.3, -0.25) is 15.5 Å². The zero-order valence-electron chi connectivity index (χ0n) is 13.9. The van der Waals surface area contributed by atoms with E-state index in [9.17, 15) is 14.5 Å². The molecule has 7 nitrogen and oxygen atoms in total. The van der Waals surface area contributed by atoms with Gasteiger partial charge in [0.25, 0.3) is 0 Å². The maximum Gasteiger partial charge on any atom is 0.311 e. The molecule has 0 saturated heterocycles. The third-order valence-corrected chi connectivity index (χ3v) is 3.13. The predicted molar refractivity (Wildman–Crippen MR) is 93.1 cm³/mol. The fraction of sp³-hybridized carbons (Fsp3) is 0.235. The Labute approximate surface area is 144 Å². The maximum absolute atomic E-state index is 12.9. The molecule has 0 heterocycles. The highest BCUT2D eigenvalue weighted by molar-refractivity contribution is 5.86. The van der Waals surface area contributed by atoms with Crippen molar-refractivity contribution in [1.82, 2.24) is 0 Å². The summed E-state index contributed by atoms with van der Waals surface area (Å²) in [4.78, 5) is 10.7. The lowest BCUT2D eigenvalue weighted by Crippen LogP contribution is -2.03. The van der Waals surface area contributed by atoms with Gasteiger partial charge in [-0.2, -0.15) is 5.10 Å². The lowest BCUT2D eigenvalue weighted by atomic mass is 10.1. The first-order valence-corrected chi connectivity index (χ1v) is 7.67. The third kappa shape index (κ3) is 4.90. The van der Waals surface area contributed by atoms with Crippen molar-refractivity contribution < 1.29 is 18.8 Å². The van der Waals surface area contributed by atoms with E-state index < -0.39 is 4.92 Å². The van der Waals surface area contributed by atoms with Gasteiger partial charge in [-0.15, -0.1) is 0 Å². The molecule has 0 saturated carbocycles. The van der Waals surface area contributed by atoms with Crippen molar-refractivity contribution in [2.45, 2.75) is 13.8 Å². The van der Waals surface area contributed by atoms with E-state index >= 15 is 0 Å². The lowest BCUT2D eigenvalue weighted by Gasteiger charge is -2.11. The van der Waals surface area contributed by atoms with E-state index in [1.165, 1.54) is 42.6 Å². The van der Waals surface area contributed by atoms with E-state index in [1.54, 1.807) is 13.8 Å². The van der Waals surface area contributed by atoms with Crippen LogP contribution in [0.4, 0.5) is 15.8 Å². The van der Waals surface area contributed by atoms with Gasteiger partial charge in [0.15, 0.2) is 0 Å². The van der Waals surface area contributed by atoms with Crippen LogP contribution in [0.1, 0.15) is 19.4 Å². The molecule has 0 amide bonds. The second-order valence-electron chi connectivity index (χ2n) is 4.86. The number of hydrazone groups is 1. The summed E-state index contributed by atoms with van der Waals surface area (Å²) in [6.07, 6.45) is 1.40. The molecule has 8 heteroatoms. The fourth-order valence-electron chi connectivity index (χ4n) is 2.06. The average molecular weight is 347 g/mol. The van der Waals surface area contributed by atoms with Crippen molar-refractivity contribution in [1.29, 1.82) is 0 Å². The first-order valence-electron chi connectivity index (χ1n) is 7.67. The number of nitro groups is 1. The standard InChI is InChI=1S/C17H18FN3O4/c1-3-24-16-10-17(25-4-2)15(21(22)23)9-12(16)11-19-20-14-7-5-13(18)6-8-14/h5-11,20H,3-4H2,1-2H3/b19-11+. The second-order valence-corrected chi connectivity index (χ2v) is 4.86. The minimum absolute atomic E-state index is 0.139. The number of halogens is 1. The van der Waals surface area contributed by atoms with Gasteiger partial charge in [0, 0.05) is 17.7 Å². The molecule has 0 fully saturated rings. The van der Waals surface area contributed by atoms with E-state index in [2.05, 4.69) is 10.5 Å². The highest BCUT2D eigenvalue weighted by Gasteiger charge is 2.19. The third-order valence-electron chi connectivity index (χ3n) is 3.13. The molecule has 0 radical (unpaired) electrons. The quantitative estimate of drug-likeness (QED) is 0.443. The summed E-state index contributed by atoms with van der Waals surface area (Å²) in [7, 11) is 0. The van der Waals surface area contributed by atoms with Crippen molar-refractivity contribution in [3.8, 4) is 11.5 Å². The minimum atomic E-state index is -0.522. The zero-order valence-corrected chi connectivity index (χ0v) is 13.9. The molecule has 0 aliphatic carbocycles. The van der Waals surface area contributed by atoms with Gasteiger partial charge in [0.1, 0.15) is 11.6 Å². The summed E-state index contributed by atoms with van der Waals surface area (Å²) in [5, 5.41) is 15.3. The SMILES string of the molecule is CCOc1cc(OCC)c([N+](=O)[O-])cc1/C=N/Nc1ccc(F)cc1. The number of nitro benzene ring substituents is 1. The molecule has 2 aromatic carbocycles. The Bertz CT molecular complexity index is 763. The van der Waals surface area contributed by atoms with E-state index in [0.29, 0.717) is 30.2 Å². The van der Waals surface area contributed by atoms with Crippen LogP contribution in [0.2, 0.25) is 0 Å². The van der Waals surface area contributed by atoms with Crippen LogP contribution in [-0.4, -0.2) is 24.4 Å². The van der Waals surface area contributed by atoms with Crippen LogP contribution in [-0.2, 0) is 0 Å². The first kappa shape index (κ1) is 18.2. The molecule has 2 rings (SSSR count). The molecule has 1 N–H and O–H groups in total. The van der Waals surface area contributed by atoms with Gasteiger partial charge in [0.05, 0.1) is 30.0 Å². The van der Waals surface area contributed by atoms with Crippen molar-refractivity contribution in [2.24, 2.45) is 5.10 Å². The van der Waals surface area contributed by atoms with Gasteiger partial charge in [-0.1, -0.05) is 0 Å². The van der Waals surface area contributed by atoms with Crippen LogP contribution in [0.3, 0.4) is 0 Å². The Morgan fingerprint density at radius 3 is 2.40 bits per heavy atom. The highest BCUT2D eigenvalue weighted by Crippen LogP contribution is 2.34. The highest BCUT2D eigenvalue weighted by atomic mass is 19.1. The molecule has 0 unspecified atom stereocenters. The van der Waals surface area contributed by atoms with Gasteiger partial charge in [-0.05, 0) is 38.1 Å². The van der Waals surface area contributed by atoms with Crippen LogP contribution in [0, 0.1) is 15.9 Å². The number of nitrogens with zero attached hydrogens (tertiary/aromatic N) is 2. The zero-order chi connectivity index (χ0) is 18.2. The van der Waals surface area contributed by atoms with Crippen molar-refractivity contribution >= 4 is 17.6 Å². The summed E-state index contributed by atoms with van der Waals surface area (Å²) in [6, 6.07) is 8.46. The van der Waals surface area contributed by atoms with Gasteiger partial charge in [-0.25, -0.2) is 4.39 Å². The largest absolute Gasteiger partial charge is 0.493 e. The molecule has 132 valence electrons. The van der Waals surface area contributed by atoms with Crippen LogP contribution in [0.5, 0.6) is 11.5 Å². The fourth-order valence-corrected chi connectivity index (χ4v) is 2.06. The summed E-state index contributed by atoms with van der Waals surface area (Å²) in [5.74, 6) is 0.205. The molecule has 0 aliphatic rings. The molecule has 2 aromatic rings. The number of hydrogen-bond donors (Lipinski definition) is 1. The summed E-state index contributed by atoms with van der Waals surface area (Å²) < 4.78 is 23.7. The van der Waals surface area contributed by atoms with Crippen molar-refractivity contribution in [2.75, 3.05) is 18.6 Å². The topological polar surface area (TPSA) is 86.0 Å². The van der Waals surface area contributed by atoms with Crippen molar-refractivity contribution in [3.05, 3.63) is 57.9 Å². The molecule has 0 atom stereocenters. The number of nitrogens with one attached hydrogen (secondary N) is 1. The summed E-state index contributed by atoms with van der Waals surface area (Å²) in [5.41, 5.74) is 3.55. The van der Waals surface area contributed by atoms with Gasteiger partial charge >= 0.3 is 5.69 Å². The Morgan fingerprint density at radius 1 is 1.16 bits per heavy atom. The Morgan fingerprint density at radius 2 is 1.80 bits per heavy atom. The molecule has 0 aliphatic heterocycles. The number of benzene rings is 2. The van der Waals surface area contributed by atoms with E-state index in [1.807, 2.05) is 0 Å². The second kappa shape index (κ2) is 8.62. The summed E-state index contributed by atoms with van der Waals surface area (Å²) >= 11 is 0. The predicted octanol–water partition coefficient (Wildman–Crippen LogP) is 3.98. The normalized spacial score (nSPS) is 10.7. The smallest absolute Gasteiger partial charge is 0.311 e. The molecule has 0 bridgehead atoms. The molecule has 0 aromatic heterocycles. The van der Waals surface area contributed by atoms with Gasteiger partial charge in [0.2, 0.25) is 5.75 Å². The van der Waals surface area contributed by atoms with Crippen LogP contribution in [0.25, 0.3) is 0 Å². The van der Waals surface area contributed by atoms with Gasteiger partial charge < -0.3 is 9.47 Å². The lowest BCUT2D eigenvalue weighted by molar-refractivity contribution is -0.385. The first-order chi connectivity index (χ1) is 12.0. The van der Waals surface area contributed by atoms with Crippen LogP contribution >= 0.6 is 0 Å². The maximum atomic E-state index is 12.9. The average Bonchev–Trinajstić information content (AvgIpc) is 2.58. The molecular weight excluding hydrogens is 329 g/mol. The molecular formula is C17H18FN3O4. The van der Waals surface area contributed by atoms with E-state index in [-0.39, 0.29) is 17.3 Å².